The molecule has 0 aliphatic rings. The second-order valence-corrected chi connectivity index (χ2v) is 11.1. The minimum absolute atomic E-state index is 0.0334. The number of ether oxygens (including phenoxy) is 1. The molecule has 0 bridgehead atoms. The van der Waals surface area contributed by atoms with Crippen molar-refractivity contribution >= 4 is 28.8 Å². The lowest BCUT2D eigenvalue weighted by Gasteiger charge is -2.19. The Hall–Kier alpha value is -4.35. The molecule has 42 heavy (non-hydrogen) atoms. The van der Waals surface area contributed by atoms with Gasteiger partial charge in [0.05, 0.1) is 24.0 Å². The zero-order valence-electron chi connectivity index (χ0n) is 25.2. The van der Waals surface area contributed by atoms with Crippen LogP contribution in [0.4, 0.5) is 9.18 Å². The van der Waals surface area contributed by atoms with E-state index in [9.17, 15) is 23.6 Å². The van der Waals surface area contributed by atoms with E-state index >= 15 is 0 Å². The fraction of sp³-hybridized carbons (Fsp3) is 0.467. The number of aryl methyl sites for hydroxylation is 1. The van der Waals surface area contributed by atoms with Crippen molar-refractivity contribution in [3.63, 3.8) is 0 Å². The van der Waals surface area contributed by atoms with E-state index in [0.717, 1.165) is 6.20 Å². The molecule has 1 N–H and O–H groups in total. The zero-order chi connectivity index (χ0) is 31.1. The van der Waals surface area contributed by atoms with Crippen molar-refractivity contribution in [2.45, 2.75) is 59.1 Å². The summed E-state index contributed by atoms with van der Waals surface area (Å²) in [4.78, 5) is 65.2. The number of carbonyl (C=O) groups is 3. The largest absolute Gasteiger partial charge is 0.438 e. The summed E-state index contributed by atoms with van der Waals surface area (Å²) < 4.78 is 21.4. The minimum atomic E-state index is -1.11. The van der Waals surface area contributed by atoms with Gasteiger partial charge in [-0.05, 0) is 44.2 Å². The highest BCUT2D eigenvalue weighted by molar-refractivity contribution is 5.88. The number of nitrogens with zero attached hydrogens (tertiary/aromatic N) is 5. The van der Waals surface area contributed by atoms with Gasteiger partial charge in [-0.15, -0.1) is 0 Å². The van der Waals surface area contributed by atoms with E-state index < -0.39 is 29.4 Å². The van der Waals surface area contributed by atoms with Gasteiger partial charge in [-0.1, -0.05) is 26.0 Å². The number of fused-ring (bicyclic) bond motifs is 1. The van der Waals surface area contributed by atoms with E-state index in [4.69, 9.17) is 4.74 Å². The first kappa shape index (κ1) is 32.2. The number of Topliss-reactive ketones (excluding diaryl/α,β-unsaturated/α-hetero) is 1. The molecule has 0 radical (unpaired) electrons. The average molecular weight is 583 g/mol. The second kappa shape index (κ2) is 14.0. The number of nitrogens with one attached hydrogen (secondary N) is 1. The lowest BCUT2D eigenvalue weighted by molar-refractivity contribution is -0.127. The minimum Gasteiger partial charge on any atom is -0.438 e. The molecule has 0 saturated heterocycles. The predicted molar refractivity (Wildman–Crippen MR) is 157 cm³/mol. The van der Waals surface area contributed by atoms with Gasteiger partial charge in [0.2, 0.25) is 5.91 Å². The van der Waals surface area contributed by atoms with Gasteiger partial charge in [-0.2, -0.15) is 0 Å². The van der Waals surface area contributed by atoms with Crippen LogP contribution in [0.5, 0.6) is 0 Å². The number of aromatic nitrogens is 4. The fourth-order valence-electron chi connectivity index (χ4n) is 4.27. The van der Waals surface area contributed by atoms with E-state index in [1.807, 2.05) is 13.8 Å². The van der Waals surface area contributed by atoms with Crippen molar-refractivity contribution < 1.29 is 23.5 Å². The van der Waals surface area contributed by atoms with Crippen LogP contribution in [0, 0.1) is 18.7 Å². The number of carbonyl (C=O) groups excluding carboxylic acids is 3. The number of hydrogen-bond acceptors (Lipinski definition) is 7. The van der Waals surface area contributed by atoms with Gasteiger partial charge >= 0.3 is 6.09 Å². The quantitative estimate of drug-likeness (QED) is 0.324. The maximum Gasteiger partial charge on any atom is 0.409 e. The van der Waals surface area contributed by atoms with Crippen molar-refractivity contribution in [1.82, 2.24) is 29.3 Å². The fourth-order valence-corrected chi connectivity index (χ4v) is 4.27. The first-order valence-corrected chi connectivity index (χ1v) is 13.8. The predicted octanol–water partition coefficient (Wildman–Crippen LogP) is 3.42. The molecule has 0 spiro atoms. The van der Waals surface area contributed by atoms with E-state index in [2.05, 4.69) is 15.0 Å². The monoisotopic (exact) mass is 582 g/mol. The van der Waals surface area contributed by atoms with Gasteiger partial charge in [-0.25, -0.2) is 14.2 Å². The number of ketones is 1. The molecule has 11 nitrogen and oxygen atoms in total. The first-order chi connectivity index (χ1) is 19.8. The van der Waals surface area contributed by atoms with Crippen LogP contribution in [0.1, 0.15) is 49.5 Å². The highest BCUT2D eigenvalue weighted by Gasteiger charge is 2.25. The van der Waals surface area contributed by atoms with Gasteiger partial charge in [-0.3, -0.25) is 19.4 Å². The second-order valence-electron chi connectivity index (χ2n) is 11.1. The van der Waals surface area contributed by atoms with Crippen molar-refractivity contribution in [2.24, 2.45) is 5.92 Å². The van der Waals surface area contributed by atoms with Crippen molar-refractivity contribution in [3.05, 3.63) is 69.4 Å². The van der Waals surface area contributed by atoms with E-state index in [0.29, 0.717) is 41.5 Å². The number of hydrogen-bond donors (Lipinski definition) is 1. The van der Waals surface area contributed by atoms with Gasteiger partial charge in [0, 0.05) is 45.9 Å². The Morgan fingerprint density at radius 3 is 2.50 bits per heavy atom. The zero-order valence-corrected chi connectivity index (χ0v) is 25.2. The van der Waals surface area contributed by atoms with Crippen molar-refractivity contribution in [2.75, 3.05) is 28.2 Å². The lowest BCUT2D eigenvalue weighted by Crippen LogP contribution is -2.35. The summed E-state index contributed by atoms with van der Waals surface area (Å²) in [6.07, 6.45) is 3.19. The third-order valence-corrected chi connectivity index (χ3v) is 6.61. The molecule has 226 valence electrons. The van der Waals surface area contributed by atoms with Crippen LogP contribution >= 0.6 is 0 Å². The maximum absolute atomic E-state index is 14.5. The Labute approximate surface area is 244 Å². The summed E-state index contributed by atoms with van der Waals surface area (Å²) in [5.74, 6) is -0.521. The Balaban J connectivity index is 1.85. The van der Waals surface area contributed by atoms with Crippen LogP contribution in [-0.2, 0) is 33.7 Å². The van der Waals surface area contributed by atoms with Crippen LogP contribution < -0.4 is 5.56 Å². The molecular weight excluding hydrogens is 543 g/mol. The number of imidazole rings is 1. The summed E-state index contributed by atoms with van der Waals surface area (Å²) in [6.45, 7) is 5.87. The van der Waals surface area contributed by atoms with E-state index in [1.165, 1.54) is 34.5 Å². The summed E-state index contributed by atoms with van der Waals surface area (Å²) >= 11 is 0. The molecule has 0 saturated carbocycles. The number of pyridine rings is 2. The van der Waals surface area contributed by atoms with Crippen molar-refractivity contribution in [1.29, 1.82) is 0 Å². The Kier molecular flexibility index (Phi) is 10.7. The lowest BCUT2D eigenvalue weighted by atomic mass is 10.0. The number of rotatable bonds is 12. The van der Waals surface area contributed by atoms with Gasteiger partial charge < -0.3 is 24.1 Å². The van der Waals surface area contributed by atoms with Crippen LogP contribution in [0.2, 0.25) is 0 Å². The Bertz CT molecular complexity index is 1540. The number of amides is 2. The maximum atomic E-state index is 14.5. The Morgan fingerprint density at radius 1 is 1.14 bits per heavy atom. The van der Waals surface area contributed by atoms with E-state index in [-0.39, 0.29) is 36.4 Å². The molecule has 1 atom stereocenters. The molecule has 0 unspecified atom stereocenters. The Morgan fingerprint density at radius 2 is 1.86 bits per heavy atom. The summed E-state index contributed by atoms with van der Waals surface area (Å²) in [7, 11) is 6.26. The molecule has 3 aromatic heterocycles. The molecule has 0 aliphatic carbocycles. The van der Waals surface area contributed by atoms with Crippen LogP contribution in [0.15, 0.2) is 35.3 Å². The molecule has 3 rings (SSSR count). The molecule has 0 aromatic carbocycles. The van der Waals surface area contributed by atoms with Crippen molar-refractivity contribution in [3.8, 4) is 0 Å². The first-order valence-electron chi connectivity index (χ1n) is 13.8. The number of aromatic amines is 1. The standard InChI is InChI=1S/C30H39FN6O5/c1-18(2)14-22-28-27(21(31)16-32-22)33-25(34-28)17-37-19(3)12-13-20(29(37)40)15-23(38)24(42-30(41)36(6)7)10-8-9-11-26(39)35(4)5/h9,11-13,16,18,24H,8,10,14-15,17H2,1-7H3,(H,33,34)/b11-9+/t24-/m0/s1. The average Bonchev–Trinajstić information content (AvgIpc) is 3.36. The topological polar surface area (TPSA) is 130 Å². The molecule has 2 amide bonds. The van der Waals surface area contributed by atoms with Crippen LogP contribution in [0.25, 0.3) is 11.0 Å². The molecule has 12 heteroatoms. The number of halogens is 1. The molecule has 0 fully saturated rings. The molecule has 3 heterocycles. The van der Waals surface area contributed by atoms with Gasteiger partial charge in [0.15, 0.2) is 17.7 Å². The normalized spacial score (nSPS) is 12.2. The highest BCUT2D eigenvalue weighted by atomic mass is 19.1. The SMILES string of the molecule is Cc1ccc(CC(=O)[C@H](CC/C=C/C(=O)N(C)C)OC(=O)N(C)C)c(=O)n1Cc1nc2c(F)cnc(CC(C)C)c2[nH]1. The van der Waals surface area contributed by atoms with Crippen LogP contribution in [0.3, 0.4) is 0 Å². The number of allylic oxidation sites excluding steroid dienone is 1. The third-order valence-electron chi connectivity index (χ3n) is 6.61. The van der Waals surface area contributed by atoms with Gasteiger partial charge in [0.25, 0.3) is 5.56 Å². The molecule has 0 aliphatic heterocycles. The highest BCUT2D eigenvalue weighted by Crippen LogP contribution is 2.21. The summed E-state index contributed by atoms with van der Waals surface area (Å²) in [6, 6.07) is 3.30. The third kappa shape index (κ3) is 8.11. The smallest absolute Gasteiger partial charge is 0.409 e. The number of likely N-dealkylation sites (N-methyl/N-ethyl adjacent to an activating group) is 1. The summed E-state index contributed by atoms with van der Waals surface area (Å²) in [5.41, 5.74) is 1.81. The molecule has 3 aromatic rings. The summed E-state index contributed by atoms with van der Waals surface area (Å²) in [5, 5.41) is 0. The number of H-pyrrole nitrogens is 1. The van der Waals surface area contributed by atoms with Gasteiger partial charge in [0.1, 0.15) is 11.3 Å². The molecular formula is C30H39FN6O5. The van der Waals surface area contributed by atoms with E-state index in [1.54, 1.807) is 39.2 Å². The van der Waals surface area contributed by atoms with Crippen LogP contribution in [-0.4, -0.2) is 81.4 Å².